The van der Waals surface area contributed by atoms with Crippen LogP contribution in [0.1, 0.15) is 11.3 Å². The molecule has 0 amide bonds. The maximum Gasteiger partial charge on any atom is 0.134 e. The average Bonchev–Trinajstić information content (AvgIpc) is 2.55. The Morgan fingerprint density at radius 1 is 1.38 bits per heavy atom. The van der Waals surface area contributed by atoms with Crippen molar-refractivity contribution < 1.29 is 9.52 Å². The van der Waals surface area contributed by atoms with Crippen molar-refractivity contribution >= 4 is 11.0 Å². The number of β-amino-alcohol motifs (C(OH)–C–C–N with tert-alkyl or cyclic N) is 1. The van der Waals surface area contributed by atoms with Crippen molar-refractivity contribution in [2.75, 3.05) is 13.1 Å². The standard InChI is InChI=1S/C13H15NO2/c1-9-10-4-2-3-5-11(10)16-12(9)6-13(15)7-14-8-13/h2-5,14-15H,6-8H2,1H3. The van der Waals surface area contributed by atoms with Crippen molar-refractivity contribution in [2.45, 2.75) is 18.9 Å². The van der Waals surface area contributed by atoms with Gasteiger partial charge in [-0.15, -0.1) is 0 Å². The van der Waals surface area contributed by atoms with Crippen molar-refractivity contribution in [3.63, 3.8) is 0 Å². The Labute approximate surface area is 94.1 Å². The van der Waals surface area contributed by atoms with E-state index in [-0.39, 0.29) is 0 Å². The van der Waals surface area contributed by atoms with E-state index in [0.717, 1.165) is 22.3 Å². The van der Waals surface area contributed by atoms with Gasteiger partial charge in [0, 0.05) is 24.9 Å². The quantitative estimate of drug-likeness (QED) is 0.803. The molecule has 1 fully saturated rings. The van der Waals surface area contributed by atoms with Crippen LogP contribution in [-0.2, 0) is 6.42 Å². The first-order chi connectivity index (χ1) is 7.68. The smallest absolute Gasteiger partial charge is 0.134 e. The molecule has 1 aromatic carbocycles. The summed E-state index contributed by atoms with van der Waals surface area (Å²) in [5.74, 6) is 0.908. The lowest BCUT2D eigenvalue weighted by molar-refractivity contribution is -0.0128. The van der Waals surface area contributed by atoms with Gasteiger partial charge >= 0.3 is 0 Å². The molecule has 3 rings (SSSR count). The molecule has 84 valence electrons. The van der Waals surface area contributed by atoms with Gasteiger partial charge in [-0.05, 0) is 18.6 Å². The number of rotatable bonds is 2. The summed E-state index contributed by atoms with van der Waals surface area (Å²) in [5.41, 5.74) is 1.44. The third-order valence-electron chi connectivity index (χ3n) is 3.34. The lowest BCUT2D eigenvalue weighted by Crippen LogP contribution is -2.60. The van der Waals surface area contributed by atoms with Crippen molar-refractivity contribution in [3.05, 3.63) is 35.6 Å². The number of aryl methyl sites for hydroxylation is 1. The summed E-state index contributed by atoms with van der Waals surface area (Å²) in [5, 5.41) is 14.3. The summed E-state index contributed by atoms with van der Waals surface area (Å²) in [6.07, 6.45) is 0.598. The lowest BCUT2D eigenvalue weighted by Gasteiger charge is -2.37. The normalized spacial score (nSPS) is 18.6. The van der Waals surface area contributed by atoms with Gasteiger partial charge in [0.15, 0.2) is 0 Å². The van der Waals surface area contributed by atoms with Gasteiger partial charge in [0.2, 0.25) is 0 Å². The first-order valence-electron chi connectivity index (χ1n) is 5.58. The third kappa shape index (κ3) is 1.44. The van der Waals surface area contributed by atoms with E-state index in [9.17, 15) is 5.11 Å². The molecular formula is C13H15NO2. The van der Waals surface area contributed by atoms with Crippen LogP contribution in [0.25, 0.3) is 11.0 Å². The van der Waals surface area contributed by atoms with Crippen LogP contribution < -0.4 is 5.32 Å². The molecule has 3 nitrogen and oxygen atoms in total. The van der Waals surface area contributed by atoms with Crippen LogP contribution >= 0.6 is 0 Å². The molecule has 3 heteroatoms. The van der Waals surface area contributed by atoms with Gasteiger partial charge in [-0.2, -0.15) is 0 Å². The topological polar surface area (TPSA) is 45.4 Å². The SMILES string of the molecule is Cc1c(CC2(O)CNC2)oc2ccccc12. The van der Waals surface area contributed by atoms with E-state index >= 15 is 0 Å². The minimum Gasteiger partial charge on any atom is -0.461 e. The Kier molecular flexibility index (Phi) is 2.06. The molecule has 0 aliphatic carbocycles. The molecule has 2 heterocycles. The van der Waals surface area contributed by atoms with Crippen LogP contribution in [-0.4, -0.2) is 23.8 Å². The van der Waals surface area contributed by atoms with E-state index in [4.69, 9.17) is 4.42 Å². The van der Waals surface area contributed by atoms with Crippen molar-refractivity contribution in [2.24, 2.45) is 0 Å². The Morgan fingerprint density at radius 2 is 2.12 bits per heavy atom. The Balaban J connectivity index is 2.00. The number of fused-ring (bicyclic) bond motifs is 1. The number of para-hydroxylation sites is 1. The van der Waals surface area contributed by atoms with Gasteiger partial charge in [-0.25, -0.2) is 0 Å². The predicted molar refractivity (Wildman–Crippen MR) is 62.5 cm³/mol. The van der Waals surface area contributed by atoms with Crippen LogP contribution in [0.15, 0.2) is 28.7 Å². The van der Waals surface area contributed by atoms with Crippen LogP contribution in [0.3, 0.4) is 0 Å². The number of hydrogen-bond donors (Lipinski definition) is 2. The van der Waals surface area contributed by atoms with Crippen LogP contribution in [0.4, 0.5) is 0 Å². The van der Waals surface area contributed by atoms with Gasteiger partial charge in [-0.1, -0.05) is 18.2 Å². The summed E-state index contributed by atoms with van der Waals surface area (Å²) in [7, 11) is 0. The van der Waals surface area contributed by atoms with Crippen LogP contribution in [0.2, 0.25) is 0 Å². The zero-order valence-corrected chi connectivity index (χ0v) is 9.29. The fourth-order valence-corrected chi connectivity index (χ4v) is 2.23. The molecule has 2 aromatic rings. The van der Waals surface area contributed by atoms with E-state index in [1.165, 1.54) is 0 Å². The average molecular weight is 217 g/mol. The highest BCUT2D eigenvalue weighted by Gasteiger charge is 2.36. The maximum atomic E-state index is 10.1. The van der Waals surface area contributed by atoms with Crippen molar-refractivity contribution in [1.29, 1.82) is 0 Å². The second kappa shape index (κ2) is 3.34. The van der Waals surface area contributed by atoms with Crippen molar-refractivity contribution in [1.82, 2.24) is 5.32 Å². The molecule has 1 aliphatic heterocycles. The molecule has 1 saturated heterocycles. The number of furan rings is 1. The van der Waals surface area contributed by atoms with Gasteiger partial charge in [0.25, 0.3) is 0 Å². The second-order valence-corrected chi connectivity index (χ2v) is 4.65. The molecular weight excluding hydrogens is 202 g/mol. The van der Waals surface area contributed by atoms with Gasteiger partial charge in [0.05, 0.1) is 5.60 Å². The number of hydrogen-bond acceptors (Lipinski definition) is 3. The highest BCUT2D eigenvalue weighted by molar-refractivity contribution is 5.81. The summed E-state index contributed by atoms with van der Waals surface area (Å²) < 4.78 is 5.78. The minimum atomic E-state index is -0.612. The zero-order chi connectivity index (χ0) is 11.2. The Morgan fingerprint density at radius 3 is 2.75 bits per heavy atom. The molecule has 0 atom stereocenters. The van der Waals surface area contributed by atoms with Crippen molar-refractivity contribution in [3.8, 4) is 0 Å². The molecule has 1 aliphatic rings. The fraction of sp³-hybridized carbons (Fsp3) is 0.385. The van der Waals surface area contributed by atoms with E-state index < -0.39 is 5.60 Å². The summed E-state index contributed by atoms with van der Waals surface area (Å²) in [6.45, 7) is 3.36. The van der Waals surface area contributed by atoms with Crippen LogP contribution in [0.5, 0.6) is 0 Å². The molecule has 0 bridgehead atoms. The highest BCUT2D eigenvalue weighted by Crippen LogP contribution is 2.28. The van der Waals surface area contributed by atoms with Gasteiger partial charge in [0.1, 0.15) is 11.3 Å². The van der Waals surface area contributed by atoms with E-state index in [2.05, 4.69) is 18.3 Å². The number of benzene rings is 1. The molecule has 0 saturated carbocycles. The van der Waals surface area contributed by atoms with Gasteiger partial charge in [-0.3, -0.25) is 0 Å². The first kappa shape index (κ1) is 9.87. The van der Waals surface area contributed by atoms with E-state index in [1.807, 2.05) is 18.2 Å². The van der Waals surface area contributed by atoms with Gasteiger partial charge < -0.3 is 14.8 Å². The summed E-state index contributed by atoms with van der Waals surface area (Å²) in [6, 6.07) is 8.00. The van der Waals surface area contributed by atoms with E-state index in [0.29, 0.717) is 19.5 Å². The maximum absolute atomic E-state index is 10.1. The zero-order valence-electron chi connectivity index (χ0n) is 9.29. The highest BCUT2D eigenvalue weighted by atomic mass is 16.3. The van der Waals surface area contributed by atoms with Crippen LogP contribution in [0, 0.1) is 6.92 Å². The molecule has 0 radical (unpaired) electrons. The monoisotopic (exact) mass is 217 g/mol. The third-order valence-corrected chi connectivity index (χ3v) is 3.34. The summed E-state index contributed by atoms with van der Waals surface area (Å²) in [4.78, 5) is 0. The molecule has 0 spiro atoms. The predicted octanol–water partition coefficient (Wildman–Crippen LogP) is 1.62. The Bertz CT molecular complexity index is 526. The minimum absolute atomic E-state index is 0.598. The number of nitrogens with one attached hydrogen (secondary N) is 1. The number of aliphatic hydroxyl groups is 1. The first-order valence-corrected chi connectivity index (χ1v) is 5.58. The molecule has 1 aromatic heterocycles. The fourth-order valence-electron chi connectivity index (χ4n) is 2.23. The second-order valence-electron chi connectivity index (χ2n) is 4.65. The van der Waals surface area contributed by atoms with E-state index in [1.54, 1.807) is 0 Å². The molecule has 0 unspecified atom stereocenters. The molecule has 2 N–H and O–H groups in total. The Hall–Kier alpha value is -1.32. The lowest BCUT2D eigenvalue weighted by atomic mass is 9.91. The summed E-state index contributed by atoms with van der Waals surface area (Å²) >= 11 is 0. The largest absolute Gasteiger partial charge is 0.461 e. The molecule has 16 heavy (non-hydrogen) atoms.